The molecule has 1 N–H and O–H groups in total. The largest absolute Gasteiger partial charge is 0.495 e. The van der Waals surface area contributed by atoms with Crippen molar-refractivity contribution >= 4 is 44.7 Å². The maximum Gasteiger partial charge on any atom is 0.262 e. The first-order valence-corrected chi connectivity index (χ1v) is 10.4. The molecule has 0 aliphatic heterocycles. The Morgan fingerprint density at radius 1 is 1.20 bits per heavy atom. The van der Waals surface area contributed by atoms with Gasteiger partial charge in [-0.1, -0.05) is 41.9 Å². The third-order valence-electron chi connectivity index (χ3n) is 4.75. The van der Waals surface area contributed by atoms with Gasteiger partial charge in [0.25, 0.3) is 5.56 Å². The Bertz CT molecular complexity index is 1280. The van der Waals surface area contributed by atoms with Gasteiger partial charge in [0.15, 0.2) is 0 Å². The monoisotopic (exact) mass is 439 g/mol. The Hall–Kier alpha value is -3.16. The quantitative estimate of drug-likeness (QED) is 0.475. The molecule has 2 aromatic heterocycles. The van der Waals surface area contributed by atoms with Gasteiger partial charge in [0.05, 0.1) is 23.8 Å². The van der Waals surface area contributed by atoms with Crippen LogP contribution in [0.4, 0.5) is 5.69 Å². The standard InChI is InChI=1S/C22H18ClN3O3S/c1-13(20(27)25-15-8-9-18(29-2)17(23)10-15)26-12-24-21-16(22(26)28)11-19(30-21)14-6-4-3-5-7-14/h3-13H,1-2H3,(H,25,27). The smallest absolute Gasteiger partial charge is 0.262 e. The lowest BCUT2D eigenvalue weighted by Gasteiger charge is -2.15. The number of ether oxygens (including phenoxy) is 1. The van der Waals surface area contributed by atoms with Gasteiger partial charge >= 0.3 is 0 Å². The van der Waals surface area contributed by atoms with Crippen molar-refractivity contribution in [2.24, 2.45) is 0 Å². The number of nitrogens with zero attached hydrogens (tertiary/aromatic N) is 2. The molecule has 152 valence electrons. The van der Waals surface area contributed by atoms with Crippen molar-refractivity contribution in [3.05, 3.63) is 76.3 Å². The van der Waals surface area contributed by atoms with Crippen LogP contribution in [0.3, 0.4) is 0 Å². The van der Waals surface area contributed by atoms with E-state index in [-0.39, 0.29) is 11.5 Å². The molecule has 0 fully saturated rings. The Balaban J connectivity index is 1.62. The summed E-state index contributed by atoms with van der Waals surface area (Å²) in [5.74, 6) is 0.165. The van der Waals surface area contributed by atoms with Gasteiger partial charge < -0.3 is 10.1 Å². The fraction of sp³-hybridized carbons (Fsp3) is 0.136. The molecule has 0 saturated heterocycles. The van der Waals surface area contributed by atoms with E-state index in [0.29, 0.717) is 26.7 Å². The lowest BCUT2D eigenvalue weighted by Crippen LogP contribution is -2.31. The first-order valence-electron chi connectivity index (χ1n) is 9.18. The molecular weight excluding hydrogens is 422 g/mol. The molecule has 30 heavy (non-hydrogen) atoms. The second-order valence-electron chi connectivity index (χ2n) is 6.67. The molecule has 0 bridgehead atoms. The van der Waals surface area contributed by atoms with Crippen LogP contribution in [0.15, 0.2) is 65.7 Å². The Morgan fingerprint density at radius 2 is 1.97 bits per heavy atom. The van der Waals surface area contributed by atoms with Gasteiger partial charge in [-0.2, -0.15) is 0 Å². The van der Waals surface area contributed by atoms with Gasteiger partial charge in [-0.25, -0.2) is 4.98 Å². The second kappa shape index (κ2) is 8.30. The van der Waals surface area contributed by atoms with Crippen molar-refractivity contribution in [1.82, 2.24) is 9.55 Å². The highest BCUT2D eigenvalue weighted by molar-refractivity contribution is 7.21. The Kier molecular flexibility index (Phi) is 5.57. The summed E-state index contributed by atoms with van der Waals surface area (Å²) in [4.78, 5) is 31.7. The molecule has 2 aromatic carbocycles. The summed E-state index contributed by atoms with van der Waals surface area (Å²) in [7, 11) is 1.52. The van der Waals surface area contributed by atoms with Crippen molar-refractivity contribution in [2.45, 2.75) is 13.0 Å². The van der Waals surface area contributed by atoms with E-state index in [4.69, 9.17) is 16.3 Å². The maximum absolute atomic E-state index is 13.0. The molecule has 8 heteroatoms. The summed E-state index contributed by atoms with van der Waals surface area (Å²) in [6.07, 6.45) is 1.42. The summed E-state index contributed by atoms with van der Waals surface area (Å²) in [6.45, 7) is 1.65. The van der Waals surface area contributed by atoms with E-state index in [9.17, 15) is 9.59 Å². The molecule has 4 aromatic rings. The highest BCUT2D eigenvalue weighted by Crippen LogP contribution is 2.31. The minimum absolute atomic E-state index is 0.256. The van der Waals surface area contributed by atoms with Crippen LogP contribution in [0.2, 0.25) is 5.02 Å². The summed E-state index contributed by atoms with van der Waals surface area (Å²) in [5.41, 5.74) is 1.28. The van der Waals surface area contributed by atoms with E-state index >= 15 is 0 Å². The minimum Gasteiger partial charge on any atom is -0.495 e. The van der Waals surface area contributed by atoms with Crippen LogP contribution in [0.25, 0.3) is 20.7 Å². The van der Waals surface area contributed by atoms with Crippen molar-refractivity contribution < 1.29 is 9.53 Å². The lowest BCUT2D eigenvalue weighted by atomic mass is 10.2. The van der Waals surface area contributed by atoms with Gasteiger partial charge in [0, 0.05) is 10.6 Å². The van der Waals surface area contributed by atoms with Crippen LogP contribution in [-0.4, -0.2) is 22.6 Å². The van der Waals surface area contributed by atoms with E-state index in [1.807, 2.05) is 36.4 Å². The third kappa shape index (κ3) is 3.81. The topological polar surface area (TPSA) is 73.2 Å². The molecule has 0 radical (unpaired) electrons. The van der Waals surface area contributed by atoms with E-state index in [0.717, 1.165) is 10.4 Å². The first kappa shape index (κ1) is 20.1. The molecule has 1 amide bonds. The third-order valence-corrected chi connectivity index (χ3v) is 6.14. The number of methoxy groups -OCH3 is 1. The van der Waals surface area contributed by atoms with E-state index in [1.54, 1.807) is 25.1 Å². The molecule has 0 spiro atoms. The SMILES string of the molecule is COc1ccc(NC(=O)C(C)n2cnc3sc(-c4ccccc4)cc3c2=O)cc1Cl. The number of fused-ring (bicyclic) bond motifs is 1. The zero-order chi connectivity index (χ0) is 21.3. The molecule has 1 atom stereocenters. The lowest BCUT2D eigenvalue weighted by molar-refractivity contribution is -0.118. The number of benzene rings is 2. The zero-order valence-electron chi connectivity index (χ0n) is 16.3. The molecular formula is C22H18ClN3O3S. The van der Waals surface area contributed by atoms with Gasteiger partial charge in [0.1, 0.15) is 16.6 Å². The number of hydrogen-bond donors (Lipinski definition) is 1. The fourth-order valence-electron chi connectivity index (χ4n) is 3.07. The number of aromatic nitrogens is 2. The Morgan fingerprint density at radius 3 is 2.67 bits per heavy atom. The number of halogens is 1. The van der Waals surface area contributed by atoms with Crippen molar-refractivity contribution in [3.8, 4) is 16.2 Å². The predicted octanol–water partition coefficient (Wildman–Crippen LogP) is 4.99. The number of thiophene rings is 1. The fourth-order valence-corrected chi connectivity index (χ4v) is 4.33. The number of rotatable bonds is 5. The number of nitrogens with one attached hydrogen (secondary N) is 1. The van der Waals surface area contributed by atoms with Gasteiger partial charge in [0.2, 0.25) is 5.91 Å². The summed E-state index contributed by atoms with van der Waals surface area (Å²) < 4.78 is 6.45. The summed E-state index contributed by atoms with van der Waals surface area (Å²) in [5, 5.41) is 3.65. The molecule has 0 aliphatic rings. The van der Waals surface area contributed by atoms with Crippen molar-refractivity contribution in [3.63, 3.8) is 0 Å². The van der Waals surface area contributed by atoms with E-state index in [2.05, 4.69) is 10.3 Å². The number of hydrogen-bond acceptors (Lipinski definition) is 5. The molecule has 0 aliphatic carbocycles. The van der Waals surface area contributed by atoms with Crippen LogP contribution in [0.5, 0.6) is 5.75 Å². The normalized spacial score (nSPS) is 12.0. The van der Waals surface area contributed by atoms with Crippen molar-refractivity contribution in [2.75, 3.05) is 12.4 Å². The molecule has 6 nitrogen and oxygen atoms in total. The number of anilines is 1. The van der Waals surface area contributed by atoms with Gasteiger partial charge in [-0.15, -0.1) is 11.3 Å². The Labute approximate surface area is 181 Å². The van der Waals surface area contributed by atoms with Crippen LogP contribution in [0, 0.1) is 0 Å². The van der Waals surface area contributed by atoms with Crippen LogP contribution in [0.1, 0.15) is 13.0 Å². The maximum atomic E-state index is 13.0. The van der Waals surface area contributed by atoms with Crippen LogP contribution >= 0.6 is 22.9 Å². The summed E-state index contributed by atoms with van der Waals surface area (Å²) >= 11 is 7.56. The second-order valence-corrected chi connectivity index (χ2v) is 8.10. The summed E-state index contributed by atoms with van der Waals surface area (Å²) in [6, 6.07) is 15.8. The van der Waals surface area contributed by atoms with Crippen LogP contribution < -0.4 is 15.6 Å². The molecule has 2 heterocycles. The van der Waals surface area contributed by atoms with Crippen molar-refractivity contribution in [1.29, 1.82) is 0 Å². The molecule has 4 rings (SSSR count). The molecule has 0 saturated carbocycles. The molecule has 1 unspecified atom stereocenters. The first-order chi connectivity index (χ1) is 14.5. The zero-order valence-corrected chi connectivity index (χ0v) is 17.8. The highest BCUT2D eigenvalue weighted by Gasteiger charge is 2.19. The van der Waals surface area contributed by atoms with Gasteiger partial charge in [-0.05, 0) is 36.8 Å². The number of carbonyl (C=O) groups is 1. The van der Waals surface area contributed by atoms with Gasteiger partial charge in [-0.3, -0.25) is 14.2 Å². The van der Waals surface area contributed by atoms with E-state index in [1.165, 1.54) is 29.3 Å². The highest BCUT2D eigenvalue weighted by atomic mass is 35.5. The minimum atomic E-state index is -0.754. The number of carbonyl (C=O) groups excluding carboxylic acids is 1. The predicted molar refractivity (Wildman–Crippen MR) is 121 cm³/mol. The van der Waals surface area contributed by atoms with Crippen LogP contribution in [-0.2, 0) is 4.79 Å². The van der Waals surface area contributed by atoms with E-state index < -0.39 is 6.04 Å². The average Bonchev–Trinajstić information content (AvgIpc) is 3.20. The average molecular weight is 440 g/mol. The number of amides is 1.